The van der Waals surface area contributed by atoms with Gasteiger partial charge in [-0.05, 0) is 43.3 Å². The SMILES string of the molecule is C[C@H](NCc1cn[nH]c1-c1ccc(F)cc1)c1nc2ccccc2[nH]1. The van der Waals surface area contributed by atoms with Crippen LogP contribution in [0.15, 0.2) is 54.7 Å². The Balaban J connectivity index is 1.50. The summed E-state index contributed by atoms with van der Waals surface area (Å²) in [5.41, 5.74) is 4.81. The van der Waals surface area contributed by atoms with E-state index in [1.165, 1.54) is 12.1 Å². The molecule has 25 heavy (non-hydrogen) atoms. The molecular formula is C19H18FN5. The van der Waals surface area contributed by atoms with Crippen LogP contribution in [0.4, 0.5) is 4.39 Å². The van der Waals surface area contributed by atoms with Crippen LogP contribution in [0, 0.1) is 5.82 Å². The van der Waals surface area contributed by atoms with E-state index in [1.807, 2.05) is 24.3 Å². The van der Waals surface area contributed by atoms with Gasteiger partial charge in [-0.1, -0.05) is 12.1 Å². The molecule has 0 bridgehead atoms. The number of H-pyrrole nitrogens is 2. The molecule has 2 aromatic heterocycles. The van der Waals surface area contributed by atoms with E-state index in [0.29, 0.717) is 6.54 Å². The molecule has 1 atom stereocenters. The summed E-state index contributed by atoms with van der Waals surface area (Å²) in [7, 11) is 0. The number of hydrogen-bond donors (Lipinski definition) is 3. The molecule has 0 radical (unpaired) electrons. The highest BCUT2D eigenvalue weighted by molar-refractivity contribution is 5.74. The first-order valence-electron chi connectivity index (χ1n) is 8.17. The molecule has 0 saturated carbocycles. The molecule has 2 heterocycles. The van der Waals surface area contributed by atoms with Crippen molar-refractivity contribution in [3.05, 3.63) is 71.9 Å². The summed E-state index contributed by atoms with van der Waals surface area (Å²) < 4.78 is 13.1. The zero-order valence-electron chi connectivity index (χ0n) is 13.8. The highest BCUT2D eigenvalue weighted by atomic mass is 19.1. The Morgan fingerprint density at radius 1 is 1.12 bits per heavy atom. The average molecular weight is 335 g/mol. The molecule has 5 nitrogen and oxygen atoms in total. The van der Waals surface area contributed by atoms with Crippen LogP contribution in [0.2, 0.25) is 0 Å². The van der Waals surface area contributed by atoms with Crippen LogP contribution in [0.1, 0.15) is 24.4 Å². The standard InChI is InChI=1S/C19H18FN5/c1-12(19-23-16-4-2-3-5-17(16)24-19)21-10-14-11-22-25-18(14)13-6-8-15(20)9-7-13/h2-9,11-12,21H,10H2,1H3,(H,22,25)(H,23,24)/t12-/m0/s1. The number of aromatic amines is 2. The van der Waals surface area contributed by atoms with Gasteiger partial charge in [0, 0.05) is 17.7 Å². The molecule has 0 fully saturated rings. The van der Waals surface area contributed by atoms with Gasteiger partial charge in [0.15, 0.2) is 0 Å². The summed E-state index contributed by atoms with van der Waals surface area (Å²) in [6.07, 6.45) is 1.79. The van der Waals surface area contributed by atoms with Gasteiger partial charge in [0.2, 0.25) is 0 Å². The number of para-hydroxylation sites is 2. The number of nitrogens with one attached hydrogen (secondary N) is 3. The third-order valence-corrected chi connectivity index (χ3v) is 4.27. The van der Waals surface area contributed by atoms with E-state index in [0.717, 1.165) is 33.7 Å². The number of hydrogen-bond acceptors (Lipinski definition) is 3. The highest BCUT2D eigenvalue weighted by Crippen LogP contribution is 2.22. The Morgan fingerprint density at radius 2 is 1.92 bits per heavy atom. The van der Waals surface area contributed by atoms with E-state index in [9.17, 15) is 4.39 Å². The molecular weight excluding hydrogens is 317 g/mol. The van der Waals surface area contributed by atoms with E-state index in [4.69, 9.17) is 0 Å². The van der Waals surface area contributed by atoms with Crippen molar-refractivity contribution in [2.24, 2.45) is 0 Å². The Kier molecular flexibility index (Phi) is 4.03. The Labute approximate surface area is 144 Å². The van der Waals surface area contributed by atoms with Gasteiger partial charge in [-0.15, -0.1) is 0 Å². The molecule has 4 rings (SSSR count). The lowest BCUT2D eigenvalue weighted by Gasteiger charge is -2.11. The lowest BCUT2D eigenvalue weighted by atomic mass is 10.1. The Bertz CT molecular complexity index is 953. The summed E-state index contributed by atoms with van der Waals surface area (Å²) in [4.78, 5) is 7.96. The fourth-order valence-corrected chi connectivity index (χ4v) is 2.85. The molecule has 126 valence electrons. The van der Waals surface area contributed by atoms with E-state index >= 15 is 0 Å². The molecule has 2 aromatic carbocycles. The van der Waals surface area contributed by atoms with Gasteiger partial charge in [0.05, 0.1) is 29.0 Å². The zero-order valence-corrected chi connectivity index (χ0v) is 13.8. The fourth-order valence-electron chi connectivity index (χ4n) is 2.85. The molecule has 0 spiro atoms. The predicted molar refractivity (Wildman–Crippen MR) is 95.3 cm³/mol. The summed E-state index contributed by atoms with van der Waals surface area (Å²) >= 11 is 0. The van der Waals surface area contributed by atoms with E-state index in [2.05, 4.69) is 32.4 Å². The van der Waals surface area contributed by atoms with Crippen molar-refractivity contribution >= 4 is 11.0 Å². The normalized spacial score (nSPS) is 12.6. The number of benzene rings is 2. The Morgan fingerprint density at radius 3 is 2.72 bits per heavy atom. The first-order chi connectivity index (χ1) is 12.2. The van der Waals surface area contributed by atoms with Crippen molar-refractivity contribution in [1.82, 2.24) is 25.5 Å². The number of aromatic nitrogens is 4. The first kappa shape index (κ1) is 15.5. The van der Waals surface area contributed by atoms with E-state index in [-0.39, 0.29) is 11.9 Å². The number of imidazole rings is 1. The minimum absolute atomic E-state index is 0.0587. The maximum Gasteiger partial charge on any atom is 0.124 e. The van der Waals surface area contributed by atoms with Crippen molar-refractivity contribution in [2.45, 2.75) is 19.5 Å². The van der Waals surface area contributed by atoms with E-state index in [1.54, 1.807) is 18.3 Å². The summed E-state index contributed by atoms with van der Waals surface area (Å²) in [5.74, 6) is 0.648. The molecule has 3 N–H and O–H groups in total. The monoisotopic (exact) mass is 335 g/mol. The molecule has 6 heteroatoms. The van der Waals surface area contributed by atoms with E-state index < -0.39 is 0 Å². The molecule has 0 unspecified atom stereocenters. The number of nitrogens with zero attached hydrogens (tertiary/aromatic N) is 2. The number of rotatable bonds is 5. The molecule has 0 aliphatic heterocycles. The van der Waals surface area contributed by atoms with Crippen LogP contribution in [0.5, 0.6) is 0 Å². The molecule has 4 aromatic rings. The maximum absolute atomic E-state index is 13.1. The van der Waals surface area contributed by atoms with Gasteiger partial charge in [-0.2, -0.15) is 5.10 Å². The van der Waals surface area contributed by atoms with Crippen molar-refractivity contribution in [3.8, 4) is 11.3 Å². The molecule has 0 amide bonds. The average Bonchev–Trinajstić information content (AvgIpc) is 3.27. The van der Waals surface area contributed by atoms with Crippen LogP contribution in [-0.4, -0.2) is 20.2 Å². The number of halogens is 1. The maximum atomic E-state index is 13.1. The third-order valence-electron chi connectivity index (χ3n) is 4.27. The quantitative estimate of drug-likeness (QED) is 0.517. The second-order valence-corrected chi connectivity index (χ2v) is 6.02. The van der Waals surface area contributed by atoms with Crippen LogP contribution < -0.4 is 5.32 Å². The van der Waals surface area contributed by atoms with Gasteiger partial charge in [-0.3, -0.25) is 5.10 Å². The summed E-state index contributed by atoms with van der Waals surface area (Å²) in [6, 6.07) is 14.4. The molecule has 0 aliphatic carbocycles. The third kappa shape index (κ3) is 3.16. The van der Waals surface area contributed by atoms with Crippen molar-refractivity contribution in [1.29, 1.82) is 0 Å². The van der Waals surface area contributed by atoms with Crippen LogP contribution in [-0.2, 0) is 6.54 Å². The zero-order chi connectivity index (χ0) is 17.2. The van der Waals surface area contributed by atoms with Crippen LogP contribution in [0.3, 0.4) is 0 Å². The van der Waals surface area contributed by atoms with Gasteiger partial charge >= 0.3 is 0 Å². The highest BCUT2D eigenvalue weighted by Gasteiger charge is 2.13. The smallest absolute Gasteiger partial charge is 0.124 e. The molecule has 0 aliphatic rings. The second kappa shape index (κ2) is 6.49. The second-order valence-electron chi connectivity index (χ2n) is 6.02. The molecule has 0 saturated heterocycles. The lowest BCUT2D eigenvalue weighted by Crippen LogP contribution is -2.19. The van der Waals surface area contributed by atoms with Crippen molar-refractivity contribution in [3.63, 3.8) is 0 Å². The van der Waals surface area contributed by atoms with Crippen LogP contribution in [0.25, 0.3) is 22.3 Å². The largest absolute Gasteiger partial charge is 0.341 e. The minimum Gasteiger partial charge on any atom is -0.341 e. The topological polar surface area (TPSA) is 69.4 Å². The first-order valence-corrected chi connectivity index (χ1v) is 8.17. The predicted octanol–water partition coefficient (Wildman–Crippen LogP) is 3.94. The number of fused-ring (bicyclic) bond motifs is 1. The van der Waals surface area contributed by atoms with Gasteiger partial charge in [0.25, 0.3) is 0 Å². The minimum atomic E-state index is -0.249. The Hall–Kier alpha value is -2.99. The fraction of sp³-hybridized carbons (Fsp3) is 0.158. The summed E-state index contributed by atoms with van der Waals surface area (Å²) in [5, 5.41) is 10.6. The van der Waals surface area contributed by atoms with Crippen LogP contribution >= 0.6 is 0 Å². The van der Waals surface area contributed by atoms with Crippen molar-refractivity contribution in [2.75, 3.05) is 0 Å². The van der Waals surface area contributed by atoms with Gasteiger partial charge in [0.1, 0.15) is 11.6 Å². The lowest BCUT2D eigenvalue weighted by molar-refractivity contribution is 0.553. The van der Waals surface area contributed by atoms with Gasteiger partial charge in [-0.25, -0.2) is 9.37 Å². The van der Waals surface area contributed by atoms with Crippen molar-refractivity contribution < 1.29 is 4.39 Å². The summed E-state index contributed by atoms with van der Waals surface area (Å²) in [6.45, 7) is 2.69. The van der Waals surface area contributed by atoms with Gasteiger partial charge < -0.3 is 10.3 Å².